The third-order valence-electron chi connectivity index (χ3n) is 2.10. The van der Waals surface area contributed by atoms with E-state index in [-0.39, 0.29) is 16.8 Å². The fourth-order valence-corrected chi connectivity index (χ4v) is 2.62. The summed E-state index contributed by atoms with van der Waals surface area (Å²) in [5.74, 6) is 0.0636. The van der Waals surface area contributed by atoms with Gasteiger partial charge in [0.2, 0.25) is 0 Å². The van der Waals surface area contributed by atoms with Gasteiger partial charge in [-0.1, -0.05) is 6.92 Å². The molecule has 72 valence electrons. The summed E-state index contributed by atoms with van der Waals surface area (Å²) in [6, 6.07) is 1.86. The van der Waals surface area contributed by atoms with Gasteiger partial charge in [0.1, 0.15) is 6.07 Å². The molecule has 2 rings (SSSR count). The minimum Gasteiger partial charge on any atom is -0.381 e. The molecule has 1 aliphatic heterocycles. The lowest BCUT2D eigenvalue weighted by atomic mass is 10.2. The van der Waals surface area contributed by atoms with E-state index in [2.05, 4.69) is 9.97 Å². The van der Waals surface area contributed by atoms with E-state index in [0.29, 0.717) is 17.1 Å². The second-order valence-electron chi connectivity index (χ2n) is 3.13. The highest BCUT2D eigenvalue weighted by Gasteiger charge is 2.29. The van der Waals surface area contributed by atoms with Crippen LogP contribution >= 0.6 is 0 Å². The third kappa shape index (κ3) is 1.17. The molecule has 2 unspecified atom stereocenters. The van der Waals surface area contributed by atoms with Crippen LogP contribution in [-0.2, 0) is 17.2 Å². The smallest absolute Gasteiger partial charge is 0.183 e. The lowest BCUT2D eigenvalue weighted by molar-refractivity contribution is 0.677. The maximum Gasteiger partial charge on any atom is 0.183 e. The van der Waals surface area contributed by atoms with Gasteiger partial charge < -0.3 is 5.73 Å². The molecule has 1 aromatic rings. The molecule has 1 aliphatic rings. The van der Waals surface area contributed by atoms with Crippen molar-refractivity contribution in [2.45, 2.75) is 23.6 Å². The Kier molecular flexibility index (Phi) is 1.97. The number of aromatic nitrogens is 2. The molecular weight excluding hydrogens is 200 g/mol. The maximum absolute atomic E-state index is 11.6. The Hall–Kier alpha value is -1.48. The number of nitrogens with two attached hydrogens (primary N) is 1. The van der Waals surface area contributed by atoms with Crippen molar-refractivity contribution in [2.24, 2.45) is 0 Å². The van der Waals surface area contributed by atoms with Crippen LogP contribution in [0.4, 0.5) is 5.82 Å². The van der Waals surface area contributed by atoms with E-state index in [9.17, 15) is 4.21 Å². The standard InChI is InChI=1S/C8H8N4OS/c1-4-2-5-8(14(4)13)12-7(10)6(3-9)11-5/h4H,2H2,1H3,(H2,10,12). The maximum atomic E-state index is 11.6. The first-order valence-electron chi connectivity index (χ1n) is 4.10. The van der Waals surface area contributed by atoms with Crippen molar-refractivity contribution in [2.75, 3.05) is 5.73 Å². The minimum atomic E-state index is -1.13. The van der Waals surface area contributed by atoms with Gasteiger partial charge in [0, 0.05) is 11.7 Å². The number of nitriles is 1. The molecule has 0 fully saturated rings. The number of rotatable bonds is 0. The average Bonchev–Trinajstić information content (AvgIpc) is 2.43. The molecule has 1 aromatic heterocycles. The number of fused-ring (bicyclic) bond motifs is 1. The van der Waals surface area contributed by atoms with Gasteiger partial charge in [-0.2, -0.15) is 5.26 Å². The summed E-state index contributed by atoms with van der Waals surface area (Å²) in [5.41, 5.74) is 6.24. The second-order valence-corrected chi connectivity index (χ2v) is 4.92. The van der Waals surface area contributed by atoms with E-state index in [4.69, 9.17) is 11.0 Å². The summed E-state index contributed by atoms with van der Waals surface area (Å²) >= 11 is 0. The van der Waals surface area contributed by atoms with Gasteiger partial charge in [0.15, 0.2) is 16.5 Å². The molecule has 5 nitrogen and oxygen atoms in total. The van der Waals surface area contributed by atoms with E-state index < -0.39 is 10.8 Å². The molecule has 2 heterocycles. The average molecular weight is 208 g/mol. The van der Waals surface area contributed by atoms with Crippen LogP contribution in [0.3, 0.4) is 0 Å². The number of hydrogen-bond acceptors (Lipinski definition) is 5. The SMILES string of the molecule is CC1Cc2nc(C#N)c(N)nc2S1=O. The van der Waals surface area contributed by atoms with Gasteiger partial charge in [-0.3, -0.25) is 4.21 Å². The van der Waals surface area contributed by atoms with Gasteiger partial charge in [0.25, 0.3) is 0 Å². The zero-order valence-corrected chi connectivity index (χ0v) is 8.34. The van der Waals surface area contributed by atoms with Crippen LogP contribution < -0.4 is 5.73 Å². The molecule has 14 heavy (non-hydrogen) atoms. The largest absolute Gasteiger partial charge is 0.381 e. The molecule has 2 N–H and O–H groups in total. The summed E-state index contributed by atoms with van der Waals surface area (Å²) < 4.78 is 11.6. The summed E-state index contributed by atoms with van der Waals surface area (Å²) in [5, 5.41) is 9.12. The van der Waals surface area contributed by atoms with Crippen molar-refractivity contribution in [3.63, 3.8) is 0 Å². The van der Waals surface area contributed by atoms with Crippen LogP contribution in [0.2, 0.25) is 0 Å². The van der Waals surface area contributed by atoms with Crippen molar-refractivity contribution in [3.05, 3.63) is 11.4 Å². The van der Waals surface area contributed by atoms with Crippen LogP contribution in [0, 0.1) is 11.3 Å². The van der Waals surface area contributed by atoms with E-state index in [1.54, 1.807) is 0 Å². The molecular formula is C8H8N4OS. The Morgan fingerprint density at radius 1 is 1.64 bits per heavy atom. The van der Waals surface area contributed by atoms with Crippen molar-refractivity contribution in [1.82, 2.24) is 9.97 Å². The molecule has 0 radical (unpaired) electrons. The first-order chi connectivity index (χ1) is 6.63. The molecule has 6 heteroatoms. The fraction of sp³-hybridized carbons (Fsp3) is 0.375. The monoisotopic (exact) mass is 208 g/mol. The molecule has 0 spiro atoms. The van der Waals surface area contributed by atoms with Gasteiger partial charge in [0.05, 0.1) is 16.5 Å². The van der Waals surface area contributed by atoms with Crippen LogP contribution in [-0.4, -0.2) is 19.4 Å². The van der Waals surface area contributed by atoms with Gasteiger partial charge in [-0.25, -0.2) is 9.97 Å². The van der Waals surface area contributed by atoms with Crippen LogP contribution in [0.15, 0.2) is 5.03 Å². The van der Waals surface area contributed by atoms with Gasteiger partial charge >= 0.3 is 0 Å². The van der Waals surface area contributed by atoms with Crippen molar-refractivity contribution < 1.29 is 4.21 Å². The van der Waals surface area contributed by atoms with E-state index in [0.717, 1.165) is 0 Å². The molecule has 0 saturated heterocycles. The highest BCUT2D eigenvalue weighted by atomic mass is 32.2. The molecule has 0 aliphatic carbocycles. The highest BCUT2D eigenvalue weighted by Crippen LogP contribution is 2.25. The zero-order valence-electron chi connectivity index (χ0n) is 7.52. The van der Waals surface area contributed by atoms with E-state index >= 15 is 0 Å². The van der Waals surface area contributed by atoms with Gasteiger partial charge in [-0.15, -0.1) is 0 Å². The predicted octanol–water partition coefficient (Wildman–Crippen LogP) is -0.0173. The van der Waals surface area contributed by atoms with Crippen molar-refractivity contribution in [3.8, 4) is 6.07 Å². The van der Waals surface area contributed by atoms with Crippen LogP contribution in [0.5, 0.6) is 0 Å². The lowest BCUT2D eigenvalue weighted by Gasteiger charge is -1.99. The summed E-state index contributed by atoms with van der Waals surface area (Å²) in [6.07, 6.45) is 0.601. The van der Waals surface area contributed by atoms with Gasteiger partial charge in [-0.05, 0) is 0 Å². The minimum absolute atomic E-state index is 0.0124. The second kappa shape index (κ2) is 3.03. The quantitative estimate of drug-likeness (QED) is 0.647. The van der Waals surface area contributed by atoms with Crippen LogP contribution in [0.25, 0.3) is 0 Å². The Labute approximate surface area is 83.4 Å². The number of hydrogen-bond donors (Lipinski definition) is 1. The molecule has 0 aromatic carbocycles. The molecule has 2 atom stereocenters. The summed E-state index contributed by atoms with van der Waals surface area (Å²) in [4.78, 5) is 7.98. The third-order valence-corrected chi connectivity index (χ3v) is 3.71. The summed E-state index contributed by atoms with van der Waals surface area (Å²) in [6.45, 7) is 1.86. The molecule has 0 amide bonds. The van der Waals surface area contributed by atoms with Crippen molar-refractivity contribution in [1.29, 1.82) is 5.26 Å². The number of nitrogen functional groups attached to an aromatic ring is 1. The Balaban J connectivity index is 2.61. The fourth-order valence-electron chi connectivity index (χ4n) is 1.38. The Bertz CT molecular complexity index is 465. The Morgan fingerprint density at radius 2 is 2.36 bits per heavy atom. The van der Waals surface area contributed by atoms with E-state index in [1.165, 1.54) is 0 Å². The number of nitrogens with zero attached hydrogens (tertiary/aromatic N) is 3. The normalized spacial score (nSPS) is 24.3. The summed E-state index contributed by atoms with van der Waals surface area (Å²) in [7, 11) is -1.13. The zero-order chi connectivity index (χ0) is 10.3. The Morgan fingerprint density at radius 3 is 3.00 bits per heavy atom. The lowest BCUT2D eigenvalue weighted by Crippen LogP contribution is -2.05. The highest BCUT2D eigenvalue weighted by molar-refractivity contribution is 7.85. The topological polar surface area (TPSA) is 92.7 Å². The van der Waals surface area contributed by atoms with Crippen LogP contribution in [0.1, 0.15) is 18.3 Å². The molecule has 0 bridgehead atoms. The molecule has 0 saturated carbocycles. The van der Waals surface area contributed by atoms with Crippen molar-refractivity contribution >= 4 is 16.6 Å². The van der Waals surface area contributed by atoms with E-state index in [1.807, 2.05) is 13.0 Å². The first-order valence-corrected chi connectivity index (χ1v) is 5.32. The number of anilines is 1. The first kappa shape index (κ1) is 9.09. The predicted molar refractivity (Wildman–Crippen MR) is 50.7 cm³/mol.